The molecule has 5 heteroatoms. The van der Waals surface area contributed by atoms with Gasteiger partial charge in [0.2, 0.25) is 5.91 Å². The number of nitrogens with two attached hydrogens (primary N) is 1. The van der Waals surface area contributed by atoms with Gasteiger partial charge in [0, 0.05) is 30.7 Å². The first-order valence-corrected chi connectivity index (χ1v) is 10.1. The molecular weight excluding hydrogens is 372 g/mol. The second-order valence-electron chi connectivity index (χ2n) is 6.98. The van der Waals surface area contributed by atoms with Gasteiger partial charge in [-0.3, -0.25) is 9.79 Å². The van der Waals surface area contributed by atoms with Gasteiger partial charge in [0.15, 0.2) is 0 Å². The van der Waals surface area contributed by atoms with E-state index in [2.05, 4.69) is 23.8 Å². The third-order valence-corrected chi connectivity index (χ3v) is 4.84. The zero-order valence-corrected chi connectivity index (χ0v) is 17.7. The number of aliphatic imine (C=N–C) groups is 1. The van der Waals surface area contributed by atoms with E-state index in [0.29, 0.717) is 12.0 Å². The molecule has 0 aliphatic carbocycles. The van der Waals surface area contributed by atoms with Crippen LogP contribution in [0.4, 0.5) is 5.69 Å². The maximum atomic E-state index is 12.1. The van der Waals surface area contributed by atoms with Crippen LogP contribution in [0.5, 0.6) is 0 Å². The third-order valence-electron chi connectivity index (χ3n) is 4.84. The number of nitrogens with zero attached hydrogens (tertiary/aromatic N) is 1. The highest BCUT2D eigenvalue weighted by molar-refractivity contribution is 6.14. The standard InChI is InChI=1S/C25H30N4O/c1-4-6-14-29-17-19(5-2)20-12-13-21(23(16-20)28-3)24(26)22(25(27)30)15-18-10-8-7-9-11-18/h5,7-14,16-17,22,26,28H,2,4,6,15H2,1,3H3,(H2,27,30)/b19-17+,26-24?,29-14?. The van der Waals surface area contributed by atoms with Crippen molar-refractivity contribution in [2.45, 2.75) is 26.2 Å². The summed E-state index contributed by atoms with van der Waals surface area (Å²) in [5.74, 6) is -1.22. The largest absolute Gasteiger partial charge is 0.388 e. The van der Waals surface area contributed by atoms with Gasteiger partial charge in [-0.05, 0) is 35.6 Å². The molecule has 1 amide bonds. The Kier molecular flexibility index (Phi) is 8.75. The van der Waals surface area contributed by atoms with Crippen molar-refractivity contribution in [1.82, 2.24) is 0 Å². The number of allylic oxidation sites excluding steroid dienone is 2. The van der Waals surface area contributed by atoms with E-state index in [0.717, 1.165) is 35.2 Å². The summed E-state index contributed by atoms with van der Waals surface area (Å²) in [6.07, 6.45) is 7.78. The van der Waals surface area contributed by atoms with Crippen LogP contribution in [0.3, 0.4) is 0 Å². The molecule has 0 aromatic heterocycles. The zero-order valence-electron chi connectivity index (χ0n) is 17.7. The minimum atomic E-state index is -0.710. The van der Waals surface area contributed by atoms with E-state index in [1.54, 1.807) is 19.3 Å². The van der Waals surface area contributed by atoms with Crippen molar-refractivity contribution in [2.24, 2.45) is 16.6 Å². The van der Waals surface area contributed by atoms with E-state index >= 15 is 0 Å². The Balaban J connectivity index is 2.35. The molecule has 2 aromatic carbocycles. The van der Waals surface area contributed by atoms with Gasteiger partial charge in [-0.25, -0.2) is 0 Å². The highest BCUT2D eigenvalue weighted by Gasteiger charge is 2.24. The van der Waals surface area contributed by atoms with Crippen molar-refractivity contribution in [1.29, 1.82) is 5.41 Å². The Morgan fingerprint density at radius 3 is 2.60 bits per heavy atom. The molecule has 156 valence electrons. The first-order valence-electron chi connectivity index (χ1n) is 10.1. The summed E-state index contributed by atoms with van der Waals surface area (Å²) in [6, 6.07) is 15.3. The minimum absolute atomic E-state index is 0.201. The van der Waals surface area contributed by atoms with Crippen LogP contribution in [-0.2, 0) is 11.2 Å². The lowest BCUT2D eigenvalue weighted by molar-refractivity contribution is -0.119. The number of benzene rings is 2. The zero-order chi connectivity index (χ0) is 21.9. The number of amides is 1. The van der Waals surface area contributed by atoms with E-state index < -0.39 is 11.8 Å². The van der Waals surface area contributed by atoms with Gasteiger partial charge in [-0.2, -0.15) is 0 Å². The topological polar surface area (TPSA) is 91.3 Å². The Bertz CT molecular complexity index is 945. The predicted octanol–water partition coefficient (Wildman–Crippen LogP) is 4.84. The number of hydrogen-bond acceptors (Lipinski definition) is 4. The van der Waals surface area contributed by atoms with Gasteiger partial charge >= 0.3 is 0 Å². The van der Waals surface area contributed by atoms with Crippen LogP contribution < -0.4 is 11.1 Å². The van der Waals surface area contributed by atoms with Crippen molar-refractivity contribution in [3.05, 3.63) is 84.1 Å². The molecule has 0 bridgehead atoms. The van der Waals surface area contributed by atoms with Gasteiger partial charge in [-0.15, -0.1) is 0 Å². The smallest absolute Gasteiger partial charge is 0.226 e. The van der Waals surface area contributed by atoms with Crippen LogP contribution in [0.1, 0.15) is 36.5 Å². The molecular formula is C25H30N4O. The molecule has 0 heterocycles. The molecule has 0 aliphatic rings. The molecule has 1 atom stereocenters. The number of anilines is 1. The van der Waals surface area contributed by atoms with Gasteiger partial charge in [0.1, 0.15) is 0 Å². The number of primary amides is 1. The number of rotatable bonds is 11. The van der Waals surface area contributed by atoms with Gasteiger partial charge < -0.3 is 16.5 Å². The van der Waals surface area contributed by atoms with E-state index in [1.807, 2.05) is 54.7 Å². The highest BCUT2D eigenvalue weighted by atomic mass is 16.1. The van der Waals surface area contributed by atoms with Crippen LogP contribution in [0.25, 0.3) is 5.57 Å². The molecule has 0 radical (unpaired) electrons. The second-order valence-corrected chi connectivity index (χ2v) is 6.98. The number of nitrogens with one attached hydrogen (secondary N) is 2. The lowest BCUT2D eigenvalue weighted by Gasteiger charge is -2.19. The van der Waals surface area contributed by atoms with Crippen LogP contribution in [-0.4, -0.2) is 24.9 Å². The van der Waals surface area contributed by atoms with E-state index in [1.165, 1.54) is 0 Å². The van der Waals surface area contributed by atoms with Crippen molar-refractivity contribution in [3.63, 3.8) is 0 Å². The SMILES string of the molecule is C=C/C(=C\N=CCCC)c1ccc(C(=N)C(Cc2ccccc2)C(N)=O)c(NC)c1. The molecule has 0 aliphatic heterocycles. The molecule has 2 rings (SSSR count). The first-order chi connectivity index (χ1) is 14.5. The fourth-order valence-corrected chi connectivity index (χ4v) is 3.13. The molecule has 4 N–H and O–H groups in total. The molecule has 2 aromatic rings. The first kappa shape index (κ1) is 22.8. The van der Waals surface area contributed by atoms with Crippen molar-refractivity contribution >= 4 is 29.1 Å². The predicted molar refractivity (Wildman–Crippen MR) is 127 cm³/mol. The maximum Gasteiger partial charge on any atom is 0.226 e. The average molecular weight is 403 g/mol. The summed E-state index contributed by atoms with van der Waals surface area (Å²) in [5, 5.41) is 11.8. The fourth-order valence-electron chi connectivity index (χ4n) is 3.13. The molecule has 0 saturated heterocycles. The Morgan fingerprint density at radius 2 is 2.00 bits per heavy atom. The summed E-state index contributed by atoms with van der Waals surface area (Å²) < 4.78 is 0. The lowest BCUT2D eigenvalue weighted by Crippen LogP contribution is -2.32. The number of carbonyl (C=O) groups excluding carboxylic acids is 1. The van der Waals surface area contributed by atoms with Gasteiger partial charge in [0.05, 0.1) is 11.6 Å². The quantitative estimate of drug-likeness (QED) is 0.371. The molecule has 30 heavy (non-hydrogen) atoms. The molecule has 0 spiro atoms. The molecule has 0 saturated carbocycles. The summed E-state index contributed by atoms with van der Waals surface area (Å²) in [4.78, 5) is 16.5. The van der Waals surface area contributed by atoms with Crippen molar-refractivity contribution < 1.29 is 4.79 Å². The van der Waals surface area contributed by atoms with Gasteiger partial charge in [0.25, 0.3) is 0 Å². The van der Waals surface area contributed by atoms with Crippen LogP contribution in [0, 0.1) is 11.3 Å². The second kappa shape index (κ2) is 11.5. The summed E-state index contributed by atoms with van der Waals surface area (Å²) >= 11 is 0. The maximum absolute atomic E-state index is 12.1. The molecule has 5 nitrogen and oxygen atoms in total. The van der Waals surface area contributed by atoms with Crippen molar-refractivity contribution in [3.8, 4) is 0 Å². The number of unbranched alkanes of at least 4 members (excludes halogenated alkanes) is 1. The number of carbonyl (C=O) groups is 1. The van der Waals surface area contributed by atoms with E-state index in [9.17, 15) is 4.79 Å². The molecule has 1 unspecified atom stereocenters. The fraction of sp³-hybridized carbons (Fsp3) is 0.240. The van der Waals surface area contributed by atoms with Gasteiger partial charge in [-0.1, -0.05) is 68.5 Å². The Labute approximate surface area is 178 Å². The average Bonchev–Trinajstić information content (AvgIpc) is 2.77. The summed E-state index contributed by atoms with van der Waals surface area (Å²) in [5.41, 5.74) is 10.0. The van der Waals surface area contributed by atoms with E-state index in [-0.39, 0.29) is 5.71 Å². The van der Waals surface area contributed by atoms with Crippen LogP contribution in [0.2, 0.25) is 0 Å². The highest BCUT2D eigenvalue weighted by Crippen LogP contribution is 2.26. The van der Waals surface area contributed by atoms with E-state index in [4.69, 9.17) is 11.1 Å². The number of hydrogen-bond donors (Lipinski definition) is 3. The van der Waals surface area contributed by atoms with Crippen molar-refractivity contribution in [2.75, 3.05) is 12.4 Å². The van der Waals surface area contributed by atoms with Crippen LogP contribution >= 0.6 is 0 Å². The lowest BCUT2D eigenvalue weighted by atomic mass is 9.88. The normalized spacial score (nSPS) is 12.5. The summed E-state index contributed by atoms with van der Waals surface area (Å²) in [7, 11) is 1.79. The minimum Gasteiger partial charge on any atom is -0.388 e. The monoisotopic (exact) mass is 402 g/mol. The Hall–Kier alpha value is -3.47. The molecule has 0 fully saturated rings. The summed E-state index contributed by atoms with van der Waals surface area (Å²) in [6.45, 7) is 5.99. The van der Waals surface area contributed by atoms with Crippen LogP contribution in [0.15, 0.2) is 72.4 Å². The Morgan fingerprint density at radius 1 is 1.27 bits per heavy atom. The third kappa shape index (κ3) is 6.01.